The largest absolute Gasteiger partial charge is 0.481 e. The minimum absolute atomic E-state index is 0.178. The first-order chi connectivity index (χ1) is 14.2. The molecule has 30 heavy (non-hydrogen) atoms. The van der Waals surface area contributed by atoms with Gasteiger partial charge in [0.05, 0.1) is 10.9 Å². The van der Waals surface area contributed by atoms with Gasteiger partial charge in [-0.25, -0.2) is 13.1 Å². The van der Waals surface area contributed by atoms with Gasteiger partial charge in [0.25, 0.3) is 0 Å². The lowest BCUT2D eigenvalue weighted by molar-refractivity contribution is -0.137. The Kier molecular flexibility index (Phi) is 9.81. The molecule has 2 N–H and O–H groups in total. The Balaban J connectivity index is 2.10. The summed E-state index contributed by atoms with van der Waals surface area (Å²) in [6.45, 7) is 4.32. The standard InChI is InChI=1S/C22H30ClNO4S2/c1-16(2)6-5-8-20(24-30(27,28)19-13-10-17(23)11-14-19)21-15-12-18(29-21)7-3-4-9-22(25)26/h10-16,20,24H,3-9H2,1-2H3,(H,25,26). The number of nitrogens with one attached hydrogen (secondary N) is 1. The van der Waals surface area contributed by atoms with Crippen molar-refractivity contribution in [2.75, 3.05) is 0 Å². The fraction of sp³-hybridized carbons (Fsp3) is 0.500. The zero-order valence-electron chi connectivity index (χ0n) is 17.4. The zero-order chi connectivity index (χ0) is 22.1. The lowest BCUT2D eigenvalue weighted by atomic mass is 10.0. The van der Waals surface area contributed by atoms with E-state index in [2.05, 4.69) is 18.6 Å². The second kappa shape index (κ2) is 11.8. The highest BCUT2D eigenvalue weighted by Gasteiger charge is 2.22. The van der Waals surface area contributed by atoms with Crippen molar-refractivity contribution >= 4 is 38.9 Å². The van der Waals surface area contributed by atoms with Crippen molar-refractivity contribution in [3.63, 3.8) is 0 Å². The minimum Gasteiger partial charge on any atom is -0.481 e. The number of thiophene rings is 1. The van der Waals surface area contributed by atoms with E-state index in [4.69, 9.17) is 16.7 Å². The van der Waals surface area contributed by atoms with Crippen LogP contribution >= 0.6 is 22.9 Å². The molecule has 1 atom stereocenters. The molecule has 0 bridgehead atoms. The van der Waals surface area contributed by atoms with Gasteiger partial charge in [-0.1, -0.05) is 38.3 Å². The van der Waals surface area contributed by atoms with Gasteiger partial charge in [-0.3, -0.25) is 4.79 Å². The van der Waals surface area contributed by atoms with Crippen LogP contribution in [-0.4, -0.2) is 19.5 Å². The number of carboxylic acid groups (broad SMARTS) is 1. The smallest absolute Gasteiger partial charge is 0.303 e. The average molecular weight is 472 g/mol. The van der Waals surface area contributed by atoms with E-state index in [1.54, 1.807) is 23.5 Å². The molecule has 1 heterocycles. The van der Waals surface area contributed by atoms with Crippen molar-refractivity contribution < 1.29 is 18.3 Å². The summed E-state index contributed by atoms with van der Waals surface area (Å²) in [7, 11) is -3.66. The minimum atomic E-state index is -3.66. The van der Waals surface area contributed by atoms with Gasteiger partial charge in [-0.15, -0.1) is 11.3 Å². The molecule has 0 radical (unpaired) electrons. The van der Waals surface area contributed by atoms with Crippen LogP contribution in [0, 0.1) is 5.92 Å². The molecule has 0 aliphatic rings. The van der Waals surface area contributed by atoms with Gasteiger partial charge >= 0.3 is 5.97 Å². The van der Waals surface area contributed by atoms with Gasteiger partial charge in [-0.05, 0) is 68.0 Å². The average Bonchev–Trinajstić information content (AvgIpc) is 3.13. The van der Waals surface area contributed by atoms with Crippen molar-refractivity contribution in [1.82, 2.24) is 4.72 Å². The van der Waals surface area contributed by atoms with Crippen molar-refractivity contribution in [2.24, 2.45) is 5.92 Å². The fourth-order valence-electron chi connectivity index (χ4n) is 3.15. The number of carbonyl (C=O) groups is 1. The van der Waals surface area contributed by atoms with Crippen LogP contribution in [0.1, 0.15) is 68.2 Å². The van der Waals surface area contributed by atoms with Gasteiger partial charge in [0.2, 0.25) is 10.0 Å². The molecule has 5 nitrogen and oxygen atoms in total. The normalized spacial score (nSPS) is 12.9. The van der Waals surface area contributed by atoms with Gasteiger partial charge < -0.3 is 5.11 Å². The van der Waals surface area contributed by atoms with Crippen LogP contribution in [0.3, 0.4) is 0 Å². The first kappa shape index (κ1) is 24.9. The monoisotopic (exact) mass is 471 g/mol. The molecule has 0 saturated heterocycles. The van der Waals surface area contributed by atoms with E-state index >= 15 is 0 Å². The summed E-state index contributed by atoms with van der Waals surface area (Å²) in [6.07, 6.45) is 5.12. The van der Waals surface area contributed by atoms with E-state index in [9.17, 15) is 13.2 Å². The Morgan fingerprint density at radius 3 is 2.40 bits per heavy atom. The summed E-state index contributed by atoms with van der Waals surface area (Å²) < 4.78 is 28.7. The Bertz CT molecular complexity index is 907. The molecule has 0 aliphatic carbocycles. The van der Waals surface area contributed by atoms with Crippen LogP contribution < -0.4 is 4.72 Å². The van der Waals surface area contributed by atoms with Gasteiger partial charge in [-0.2, -0.15) is 0 Å². The van der Waals surface area contributed by atoms with E-state index in [1.807, 2.05) is 12.1 Å². The van der Waals surface area contributed by atoms with Crippen LogP contribution in [0.4, 0.5) is 0 Å². The van der Waals surface area contributed by atoms with Crippen LogP contribution in [-0.2, 0) is 21.2 Å². The molecule has 1 aromatic carbocycles. The SMILES string of the molecule is CC(C)CCCC(NS(=O)(=O)c1ccc(Cl)cc1)c1ccc(CCCCC(=O)O)s1. The Hall–Kier alpha value is -1.41. The Morgan fingerprint density at radius 1 is 1.07 bits per heavy atom. The van der Waals surface area contributed by atoms with E-state index in [-0.39, 0.29) is 17.4 Å². The molecule has 166 valence electrons. The van der Waals surface area contributed by atoms with Gasteiger partial charge in [0.1, 0.15) is 0 Å². The molecule has 8 heteroatoms. The van der Waals surface area contributed by atoms with Gasteiger partial charge in [0.15, 0.2) is 0 Å². The third-order valence-corrected chi connectivity index (χ3v) is 7.78. The van der Waals surface area contributed by atoms with Crippen molar-refractivity contribution in [3.8, 4) is 0 Å². The lowest BCUT2D eigenvalue weighted by Crippen LogP contribution is -2.28. The molecule has 2 aromatic rings. The van der Waals surface area contributed by atoms with Crippen LogP contribution in [0.2, 0.25) is 5.02 Å². The molecule has 0 spiro atoms. The number of aliphatic carboxylic acids is 1. The summed E-state index contributed by atoms with van der Waals surface area (Å²) in [5.41, 5.74) is 0. The number of hydrogen-bond donors (Lipinski definition) is 2. The van der Waals surface area contributed by atoms with Crippen molar-refractivity contribution in [2.45, 2.75) is 69.7 Å². The van der Waals surface area contributed by atoms with E-state index in [1.165, 1.54) is 12.1 Å². The molecule has 0 fully saturated rings. The number of sulfonamides is 1. The second-order valence-electron chi connectivity index (χ2n) is 7.86. The maximum absolute atomic E-state index is 12.9. The number of benzene rings is 1. The highest BCUT2D eigenvalue weighted by Crippen LogP contribution is 2.30. The Labute approximate surface area is 188 Å². The fourth-order valence-corrected chi connectivity index (χ4v) is 5.74. The van der Waals surface area contributed by atoms with E-state index in [0.29, 0.717) is 17.4 Å². The summed E-state index contributed by atoms with van der Waals surface area (Å²) in [4.78, 5) is 13.0. The highest BCUT2D eigenvalue weighted by atomic mass is 35.5. The maximum Gasteiger partial charge on any atom is 0.303 e. The van der Waals surface area contributed by atoms with Crippen LogP contribution in [0.5, 0.6) is 0 Å². The lowest BCUT2D eigenvalue weighted by Gasteiger charge is -2.18. The Morgan fingerprint density at radius 2 is 1.77 bits per heavy atom. The second-order valence-corrected chi connectivity index (χ2v) is 11.2. The summed E-state index contributed by atoms with van der Waals surface area (Å²) in [5.74, 6) is -0.213. The summed E-state index contributed by atoms with van der Waals surface area (Å²) in [5, 5.41) is 9.25. The predicted molar refractivity (Wildman–Crippen MR) is 123 cm³/mol. The number of halogens is 1. The third kappa shape index (κ3) is 8.38. The van der Waals surface area contributed by atoms with Crippen LogP contribution in [0.25, 0.3) is 0 Å². The molecule has 0 aliphatic heterocycles. The molecule has 0 amide bonds. The first-order valence-electron chi connectivity index (χ1n) is 10.3. The quantitative estimate of drug-likeness (QED) is 0.348. The zero-order valence-corrected chi connectivity index (χ0v) is 19.8. The molecular formula is C22H30ClNO4S2. The summed E-state index contributed by atoms with van der Waals surface area (Å²) >= 11 is 7.49. The molecule has 0 saturated carbocycles. The summed E-state index contributed by atoms with van der Waals surface area (Å²) in [6, 6.07) is 9.89. The third-order valence-electron chi connectivity index (χ3n) is 4.79. The number of rotatable bonds is 13. The first-order valence-corrected chi connectivity index (χ1v) is 12.9. The van der Waals surface area contributed by atoms with Gasteiger partial charge in [0, 0.05) is 21.2 Å². The number of unbranched alkanes of at least 4 members (excludes halogenated alkanes) is 1. The van der Waals surface area contributed by atoms with Crippen molar-refractivity contribution in [1.29, 1.82) is 0 Å². The number of carboxylic acids is 1. The van der Waals surface area contributed by atoms with Crippen molar-refractivity contribution in [3.05, 3.63) is 51.2 Å². The molecule has 2 rings (SSSR count). The topological polar surface area (TPSA) is 83.5 Å². The molecular weight excluding hydrogens is 442 g/mol. The molecule has 1 aromatic heterocycles. The molecule has 1 unspecified atom stereocenters. The van der Waals surface area contributed by atoms with Crippen LogP contribution in [0.15, 0.2) is 41.3 Å². The number of aryl methyl sites for hydroxylation is 1. The predicted octanol–water partition coefficient (Wildman–Crippen LogP) is 6.04. The number of hydrogen-bond acceptors (Lipinski definition) is 4. The maximum atomic E-state index is 12.9. The highest BCUT2D eigenvalue weighted by molar-refractivity contribution is 7.89. The van der Waals surface area contributed by atoms with E-state index in [0.717, 1.165) is 41.9 Å². The van der Waals surface area contributed by atoms with E-state index < -0.39 is 16.0 Å².